The highest BCUT2D eigenvalue weighted by Gasteiger charge is 2.17. The van der Waals surface area contributed by atoms with Gasteiger partial charge in [-0.1, -0.05) is 35.7 Å². The number of nitro benzene ring substituents is 1. The van der Waals surface area contributed by atoms with Crippen molar-refractivity contribution >= 4 is 17.3 Å². The standard InChI is InChI=1S/C25H22ClN3O3/c26-22-8-5-20(6-9-22)21-7-11-23(27-18-21)10-3-19-4-12-25(24(17-19)29(30)31)32-16-15-28-13-1-2-14-28/h4-9,11-12,17-18H,1-2,13-16H2. The van der Waals surface area contributed by atoms with Crippen LogP contribution in [0.15, 0.2) is 60.8 Å². The Hall–Kier alpha value is -3.40. The van der Waals surface area contributed by atoms with Crippen LogP contribution in [-0.2, 0) is 0 Å². The number of likely N-dealkylation sites (tertiary alicyclic amines) is 1. The molecule has 0 amide bonds. The molecule has 162 valence electrons. The van der Waals surface area contributed by atoms with E-state index in [0.717, 1.165) is 30.8 Å². The van der Waals surface area contributed by atoms with Gasteiger partial charge in [-0.05, 0) is 67.7 Å². The minimum atomic E-state index is -0.435. The monoisotopic (exact) mass is 447 g/mol. The van der Waals surface area contributed by atoms with Gasteiger partial charge in [-0.15, -0.1) is 0 Å². The number of nitro groups is 1. The number of hydrogen-bond donors (Lipinski definition) is 0. The molecule has 1 aromatic heterocycles. The summed E-state index contributed by atoms with van der Waals surface area (Å²) < 4.78 is 5.69. The Morgan fingerprint density at radius 3 is 2.47 bits per heavy atom. The molecule has 0 N–H and O–H groups in total. The summed E-state index contributed by atoms with van der Waals surface area (Å²) in [5, 5.41) is 12.2. The van der Waals surface area contributed by atoms with Crippen LogP contribution >= 0.6 is 11.6 Å². The Morgan fingerprint density at radius 2 is 1.78 bits per heavy atom. The number of benzene rings is 2. The number of nitrogens with zero attached hydrogens (tertiary/aromatic N) is 3. The van der Waals surface area contributed by atoms with Crippen molar-refractivity contribution in [1.82, 2.24) is 9.88 Å². The number of halogens is 1. The summed E-state index contributed by atoms with van der Waals surface area (Å²) in [4.78, 5) is 17.8. The second-order valence-corrected chi connectivity index (χ2v) is 7.96. The molecule has 0 bridgehead atoms. The molecule has 6 nitrogen and oxygen atoms in total. The molecule has 1 saturated heterocycles. The fraction of sp³-hybridized carbons (Fsp3) is 0.240. The van der Waals surface area contributed by atoms with Crippen molar-refractivity contribution in [3.8, 4) is 28.7 Å². The van der Waals surface area contributed by atoms with Crippen molar-refractivity contribution in [3.63, 3.8) is 0 Å². The first-order valence-corrected chi connectivity index (χ1v) is 10.8. The van der Waals surface area contributed by atoms with Crippen molar-refractivity contribution in [2.45, 2.75) is 12.8 Å². The number of ether oxygens (including phenoxy) is 1. The Morgan fingerprint density at radius 1 is 1.03 bits per heavy atom. The highest BCUT2D eigenvalue weighted by atomic mass is 35.5. The predicted octanol–water partition coefficient (Wildman–Crippen LogP) is 5.18. The summed E-state index contributed by atoms with van der Waals surface area (Å²) in [6, 6.07) is 16.1. The van der Waals surface area contributed by atoms with Crippen LogP contribution in [0.1, 0.15) is 24.1 Å². The highest BCUT2D eigenvalue weighted by molar-refractivity contribution is 6.30. The Bertz CT molecular complexity index is 1150. The van der Waals surface area contributed by atoms with Crippen LogP contribution in [0.2, 0.25) is 5.02 Å². The third-order valence-corrected chi connectivity index (χ3v) is 5.55. The van der Waals surface area contributed by atoms with Crippen molar-refractivity contribution in [2.75, 3.05) is 26.2 Å². The maximum atomic E-state index is 11.5. The van der Waals surface area contributed by atoms with Crippen LogP contribution in [0, 0.1) is 22.0 Å². The first kappa shape index (κ1) is 21.8. The molecular formula is C25H22ClN3O3. The molecule has 0 unspecified atom stereocenters. The average Bonchev–Trinajstić information content (AvgIpc) is 3.33. The Labute approximate surface area is 192 Å². The predicted molar refractivity (Wildman–Crippen MR) is 125 cm³/mol. The van der Waals surface area contributed by atoms with Crippen LogP contribution in [0.4, 0.5) is 5.69 Å². The van der Waals surface area contributed by atoms with E-state index in [-0.39, 0.29) is 11.4 Å². The van der Waals surface area contributed by atoms with E-state index >= 15 is 0 Å². The summed E-state index contributed by atoms with van der Waals surface area (Å²) in [6.07, 6.45) is 4.14. The molecule has 0 atom stereocenters. The van der Waals surface area contributed by atoms with Gasteiger partial charge < -0.3 is 4.74 Å². The summed E-state index contributed by atoms with van der Waals surface area (Å²) in [7, 11) is 0. The minimum Gasteiger partial charge on any atom is -0.485 e. The zero-order chi connectivity index (χ0) is 22.3. The lowest BCUT2D eigenvalue weighted by molar-refractivity contribution is -0.385. The van der Waals surface area contributed by atoms with Crippen LogP contribution < -0.4 is 4.74 Å². The molecule has 1 aliphatic heterocycles. The van der Waals surface area contributed by atoms with Gasteiger partial charge in [-0.2, -0.15) is 0 Å². The van der Waals surface area contributed by atoms with Crippen LogP contribution in [-0.4, -0.2) is 41.0 Å². The SMILES string of the molecule is O=[N+]([O-])c1cc(C#Cc2ccc(-c3ccc(Cl)cc3)cn2)ccc1OCCN1CCCC1. The van der Waals surface area contributed by atoms with Crippen molar-refractivity contribution in [2.24, 2.45) is 0 Å². The van der Waals surface area contributed by atoms with Crippen LogP contribution in [0.3, 0.4) is 0 Å². The number of aromatic nitrogens is 1. The first-order valence-electron chi connectivity index (χ1n) is 10.5. The van der Waals surface area contributed by atoms with Gasteiger partial charge in [0.2, 0.25) is 0 Å². The molecule has 3 aromatic rings. The molecule has 4 rings (SSSR count). The smallest absolute Gasteiger partial charge is 0.312 e. The van der Waals surface area contributed by atoms with Gasteiger partial charge in [0.05, 0.1) is 4.92 Å². The lowest BCUT2D eigenvalue weighted by Gasteiger charge is -2.14. The molecular weight excluding hydrogens is 426 g/mol. The number of pyridine rings is 1. The zero-order valence-corrected chi connectivity index (χ0v) is 18.2. The molecule has 0 radical (unpaired) electrons. The fourth-order valence-corrected chi connectivity index (χ4v) is 3.69. The van der Waals surface area contributed by atoms with Gasteiger partial charge in [-0.3, -0.25) is 15.0 Å². The number of hydrogen-bond acceptors (Lipinski definition) is 5. The zero-order valence-electron chi connectivity index (χ0n) is 17.5. The minimum absolute atomic E-state index is 0.0794. The van der Waals surface area contributed by atoms with Gasteiger partial charge in [0.1, 0.15) is 12.3 Å². The van der Waals surface area contributed by atoms with E-state index in [2.05, 4.69) is 21.7 Å². The lowest BCUT2D eigenvalue weighted by Crippen LogP contribution is -2.25. The molecule has 0 saturated carbocycles. The van der Waals surface area contributed by atoms with E-state index in [4.69, 9.17) is 16.3 Å². The van der Waals surface area contributed by atoms with E-state index in [0.29, 0.717) is 22.9 Å². The highest BCUT2D eigenvalue weighted by Crippen LogP contribution is 2.28. The first-order chi connectivity index (χ1) is 15.6. The number of rotatable bonds is 6. The molecule has 2 aromatic carbocycles. The molecule has 2 heterocycles. The second kappa shape index (κ2) is 10.3. The van der Waals surface area contributed by atoms with Gasteiger partial charge in [0.15, 0.2) is 5.75 Å². The van der Waals surface area contributed by atoms with E-state index < -0.39 is 4.92 Å². The molecule has 7 heteroatoms. The van der Waals surface area contributed by atoms with Crippen LogP contribution in [0.5, 0.6) is 5.75 Å². The van der Waals surface area contributed by atoms with E-state index in [9.17, 15) is 10.1 Å². The van der Waals surface area contributed by atoms with Crippen molar-refractivity contribution < 1.29 is 9.66 Å². The summed E-state index contributed by atoms with van der Waals surface area (Å²) >= 11 is 5.93. The van der Waals surface area contributed by atoms with E-state index in [1.54, 1.807) is 18.3 Å². The van der Waals surface area contributed by atoms with Gasteiger partial charge in [-0.25, -0.2) is 4.98 Å². The molecule has 1 aliphatic rings. The second-order valence-electron chi connectivity index (χ2n) is 7.53. The third kappa shape index (κ3) is 5.64. The molecule has 1 fully saturated rings. The van der Waals surface area contributed by atoms with Gasteiger partial charge >= 0.3 is 5.69 Å². The summed E-state index contributed by atoms with van der Waals surface area (Å²) in [6.45, 7) is 3.33. The molecule has 0 aliphatic carbocycles. The molecule has 32 heavy (non-hydrogen) atoms. The van der Waals surface area contributed by atoms with Crippen molar-refractivity contribution in [3.05, 3.63) is 87.2 Å². The summed E-state index contributed by atoms with van der Waals surface area (Å²) in [5.74, 6) is 6.18. The Kier molecular flexibility index (Phi) is 7.00. The summed E-state index contributed by atoms with van der Waals surface area (Å²) in [5.41, 5.74) is 3.00. The lowest BCUT2D eigenvalue weighted by atomic mass is 10.1. The quantitative estimate of drug-likeness (QED) is 0.295. The van der Waals surface area contributed by atoms with Crippen molar-refractivity contribution in [1.29, 1.82) is 0 Å². The Balaban J connectivity index is 1.44. The largest absolute Gasteiger partial charge is 0.485 e. The third-order valence-electron chi connectivity index (χ3n) is 5.30. The van der Waals surface area contributed by atoms with Gasteiger partial charge in [0, 0.05) is 35.0 Å². The van der Waals surface area contributed by atoms with Gasteiger partial charge in [0.25, 0.3) is 0 Å². The maximum Gasteiger partial charge on any atom is 0.312 e. The fourth-order valence-electron chi connectivity index (χ4n) is 3.57. The molecule has 0 spiro atoms. The maximum absolute atomic E-state index is 11.5. The average molecular weight is 448 g/mol. The van der Waals surface area contributed by atoms with E-state index in [1.807, 2.05) is 36.4 Å². The van der Waals surface area contributed by atoms with Crippen LogP contribution in [0.25, 0.3) is 11.1 Å². The van der Waals surface area contributed by atoms with E-state index in [1.165, 1.54) is 18.9 Å². The normalized spacial score (nSPS) is 13.4. The topological polar surface area (TPSA) is 68.5 Å².